The van der Waals surface area contributed by atoms with Gasteiger partial charge in [-0.25, -0.2) is 0 Å². The number of halogens is 1. The minimum Gasteiger partial charge on any atom is -0.393 e. The van der Waals surface area contributed by atoms with Gasteiger partial charge in [-0.3, -0.25) is 0 Å². The van der Waals surface area contributed by atoms with Gasteiger partial charge in [0.25, 0.3) is 0 Å². The minimum atomic E-state index is -0.178. The maximum absolute atomic E-state index is 9.59. The lowest BCUT2D eigenvalue weighted by molar-refractivity contribution is 0.164. The van der Waals surface area contributed by atoms with E-state index in [1.165, 1.54) is 9.13 Å². The maximum atomic E-state index is 9.59. The van der Waals surface area contributed by atoms with Crippen LogP contribution in [-0.2, 0) is 6.42 Å². The van der Waals surface area contributed by atoms with Gasteiger partial charge in [0.05, 0.1) is 6.10 Å². The molecule has 1 aromatic rings. The SMILES string of the molecule is CCC[C@H](O)Cc1cccc(I)c1. The first-order chi connectivity index (χ1) is 6.22. The molecule has 0 saturated heterocycles. The largest absolute Gasteiger partial charge is 0.393 e. The van der Waals surface area contributed by atoms with E-state index in [-0.39, 0.29) is 6.10 Å². The Morgan fingerprint density at radius 1 is 1.46 bits per heavy atom. The van der Waals surface area contributed by atoms with E-state index in [0.717, 1.165) is 19.3 Å². The molecule has 0 amide bonds. The first-order valence-electron chi connectivity index (χ1n) is 4.65. The summed E-state index contributed by atoms with van der Waals surface area (Å²) in [5, 5.41) is 9.59. The van der Waals surface area contributed by atoms with E-state index in [2.05, 4.69) is 47.7 Å². The lowest BCUT2D eigenvalue weighted by Crippen LogP contribution is -2.09. The van der Waals surface area contributed by atoms with Crippen molar-refractivity contribution in [3.63, 3.8) is 0 Å². The van der Waals surface area contributed by atoms with Gasteiger partial charge in [0.1, 0.15) is 0 Å². The van der Waals surface area contributed by atoms with Crippen molar-refractivity contribution in [3.05, 3.63) is 33.4 Å². The summed E-state index contributed by atoms with van der Waals surface area (Å²) in [5.41, 5.74) is 1.23. The zero-order valence-corrected chi connectivity index (χ0v) is 9.99. The molecule has 72 valence electrons. The Bertz CT molecular complexity index is 260. The Kier molecular flexibility index (Phi) is 4.73. The molecule has 0 spiro atoms. The number of rotatable bonds is 4. The molecular weight excluding hydrogens is 275 g/mol. The van der Waals surface area contributed by atoms with Crippen LogP contribution < -0.4 is 0 Å². The number of benzene rings is 1. The van der Waals surface area contributed by atoms with Crippen LogP contribution >= 0.6 is 22.6 Å². The molecule has 1 nitrogen and oxygen atoms in total. The number of aliphatic hydroxyl groups is 1. The molecule has 13 heavy (non-hydrogen) atoms. The van der Waals surface area contributed by atoms with Crippen LogP contribution in [0.4, 0.5) is 0 Å². The summed E-state index contributed by atoms with van der Waals surface area (Å²) in [7, 11) is 0. The van der Waals surface area contributed by atoms with Crippen LogP contribution in [0, 0.1) is 3.57 Å². The molecule has 0 radical (unpaired) electrons. The van der Waals surface area contributed by atoms with Crippen molar-refractivity contribution in [1.29, 1.82) is 0 Å². The molecule has 1 atom stereocenters. The molecule has 0 bridgehead atoms. The van der Waals surface area contributed by atoms with E-state index < -0.39 is 0 Å². The third-order valence-electron chi connectivity index (χ3n) is 1.98. The first-order valence-corrected chi connectivity index (χ1v) is 5.72. The predicted molar refractivity (Wildman–Crippen MR) is 63.8 cm³/mol. The summed E-state index contributed by atoms with van der Waals surface area (Å²) in [6.07, 6.45) is 2.55. The second-order valence-corrected chi connectivity index (χ2v) is 4.52. The fourth-order valence-electron chi connectivity index (χ4n) is 1.37. The van der Waals surface area contributed by atoms with Gasteiger partial charge >= 0.3 is 0 Å². The minimum absolute atomic E-state index is 0.178. The van der Waals surface area contributed by atoms with Crippen molar-refractivity contribution in [2.45, 2.75) is 32.3 Å². The molecule has 0 heterocycles. The molecule has 0 aliphatic rings. The van der Waals surface area contributed by atoms with Crippen LogP contribution in [-0.4, -0.2) is 11.2 Å². The van der Waals surface area contributed by atoms with Gasteiger partial charge in [-0.05, 0) is 53.1 Å². The molecule has 0 saturated carbocycles. The fraction of sp³-hybridized carbons (Fsp3) is 0.455. The van der Waals surface area contributed by atoms with E-state index in [4.69, 9.17) is 0 Å². The third kappa shape index (κ3) is 4.09. The summed E-state index contributed by atoms with van der Waals surface area (Å²) in [6, 6.07) is 8.30. The van der Waals surface area contributed by atoms with Gasteiger partial charge in [-0.1, -0.05) is 25.5 Å². The molecule has 1 N–H and O–H groups in total. The lowest BCUT2D eigenvalue weighted by atomic mass is 10.1. The Labute approximate surface area is 93.3 Å². The average molecular weight is 290 g/mol. The Morgan fingerprint density at radius 3 is 2.85 bits per heavy atom. The summed E-state index contributed by atoms with van der Waals surface area (Å²) >= 11 is 2.29. The highest BCUT2D eigenvalue weighted by Crippen LogP contribution is 2.11. The fourth-order valence-corrected chi connectivity index (χ4v) is 1.98. The van der Waals surface area contributed by atoms with Crippen molar-refractivity contribution in [3.8, 4) is 0 Å². The maximum Gasteiger partial charge on any atom is 0.0580 e. The van der Waals surface area contributed by atoms with Gasteiger partial charge in [0.15, 0.2) is 0 Å². The number of hydrogen-bond acceptors (Lipinski definition) is 1. The molecule has 0 aliphatic carbocycles. The predicted octanol–water partition coefficient (Wildman–Crippen LogP) is 2.99. The molecule has 0 aliphatic heterocycles. The van der Waals surface area contributed by atoms with Gasteiger partial charge < -0.3 is 5.11 Å². The zero-order valence-electron chi connectivity index (χ0n) is 7.83. The Balaban J connectivity index is 2.53. The van der Waals surface area contributed by atoms with Crippen LogP contribution in [0.15, 0.2) is 24.3 Å². The van der Waals surface area contributed by atoms with Crippen molar-refractivity contribution in [2.75, 3.05) is 0 Å². The smallest absolute Gasteiger partial charge is 0.0580 e. The summed E-state index contributed by atoms with van der Waals surface area (Å²) in [5.74, 6) is 0. The highest BCUT2D eigenvalue weighted by molar-refractivity contribution is 14.1. The van der Waals surface area contributed by atoms with Crippen LogP contribution in [0.3, 0.4) is 0 Å². The molecule has 0 unspecified atom stereocenters. The van der Waals surface area contributed by atoms with Gasteiger partial charge in [-0.15, -0.1) is 0 Å². The van der Waals surface area contributed by atoms with Crippen LogP contribution in [0.25, 0.3) is 0 Å². The van der Waals surface area contributed by atoms with Crippen LogP contribution in [0.1, 0.15) is 25.3 Å². The Hall–Kier alpha value is -0.0900. The molecule has 0 aromatic heterocycles. The lowest BCUT2D eigenvalue weighted by Gasteiger charge is -2.08. The number of hydrogen-bond donors (Lipinski definition) is 1. The zero-order chi connectivity index (χ0) is 9.68. The highest BCUT2D eigenvalue weighted by Gasteiger charge is 2.03. The monoisotopic (exact) mass is 290 g/mol. The topological polar surface area (TPSA) is 20.2 Å². The van der Waals surface area contributed by atoms with Gasteiger partial charge in [0, 0.05) is 3.57 Å². The van der Waals surface area contributed by atoms with Crippen LogP contribution in [0.2, 0.25) is 0 Å². The summed E-state index contributed by atoms with van der Waals surface area (Å²) in [4.78, 5) is 0. The molecule has 1 aromatic carbocycles. The normalized spacial score (nSPS) is 12.8. The second-order valence-electron chi connectivity index (χ2n) is 3.28. The van der Waals surface area contributed by atoms with Gasteiger partial charge in [0.2, 0.25) is 0 Å². The van der Waals surface area contributed by atoms with E-state index in [1.807, 2.05) is 6.07 Å². The first kappa shape index (κ1) is 11.0. The van der Waals surface area contributed by atoms with Gasteiger partial charge in [-0.2, -0.15) is 0 Å². The van der Waals surface area contributed by atoms with Crippen molar-refractivity contribution in [2.24, 2.45) is 0 Å². The molecule has 1 rings (SSSR count). The van der Waals surface area contributed by atoms with Crippen molar-refractivity contribution in [1.82, 2.24) is 0 Å². The van der Waals surface area contributed by atoms with E-state index in [1.54, 1.807) is 0 Å². The highest BCUT2D eigenvalue weighted by atomic mass is 127. The van der Waals surface area contributed by atoms with E-state index >= 15 is 0 Å². The van der Waals surface area contributed by atoms with Crippen molar-refractivity contribution < 1.29 is 5.11 Å². The molecular formula is C11H15IO. The summed E-state index contributed by atoms with van der Waals surface area (Å²) < 4.78 is 1.23. The quantitative estimate of drug-likeness (QED) is 0.845. The third-order valence-corrected chi connectivity index (χ3v) is 2.65. The number of aliphatic hydroxyl groups excluding tert-OH is 1. The molecule has 2 heteroatoms. The standard InChI is InChI=1S/C11H15IO/c1-2-4-11(13)8-9-5-3-6-10(12)7-9/h3,5-7,11,13H,2,4,8H2,1H3/t11-/m0/s1. The van der Waals surface area contributed by atoms with Crippen molar-refractivity contribution >= 4 is 22.6 Å². The van der Waals surface area contributed by atoms with Crippen LogP contribution in [0.5, 0.6) is 0 Å². The van der Waals surface area contributed by atoms with E-state index in [9.17, 15) is 5.11 Å². The summed E-state index contributed by atoms with van der Waals surface area (Å²) in [6.45, 7) is 2.10. The Morgan fingerprint density at radius 2 is 2.23 bits per heavy atom. The van der Waals surface area contributed by atoms with E-state index in [0.29, 0.717) is 0 Å². The molecule has 0 fully saturated rings. The second kappa shape index (κ2) is 5.60. The average Bonchev–Trinajstić information content (AvgIpc) is 2.04.